The molecular formula is C10H24O6Si2. The van der Waals surface area contributed by atoms with E-state index in [1.165, 1.54) is 0 Å². The first kappa shape index (κ1) is 17.9. The van der Waals surface area contributed by atoms with Crippen molar-refractivity contribution in [2.24, 2.45) is 0 Å². The highest BCUT2D eigenvalue weighted by Gasteiger charge is 2.37. The Balaban J connectivity index is 4.40. The lowest BCUT2D eigenvalue weighted by molar-refractivity contribution is 0.124. The SMILES string of the molecule is CO[Si](/C=C/CC[Si](OC)(OC)OC)(OC)OC. The van der Waals surface area contributed by atoms with Crippen LogP contribution in [0.2, 0.25) is 6.04 Å². The molecule has 0 aromatic carbocycles. The van der Waals surface area contributed by atoms with E-state index in [-0.39, 0.29) is 0 Å². The maximum atomic E-state index is 5.33. The van der Waals surface area contributed by atoms with Crippen LogP contribution >= 0.6 is 0 Å². The van der Waals surface area contributed by atoms with Crippen molar-refractivity contribution >= 4 is 17.6 Å². The molecule has 108 valence electrons. The minimum absolute atomic E-state index is 0.689. The molecule has 0 fully saturated rings. The first-order valence-electron chi connectivity index (χ1n) is 5.56. The van der Waals surface area contributed by atoms with Gasteiger partial charge in [-0.1, -0.05) is 6.08 Å². The van der Waals surface area contributed by atoms with Crippen molar-refractivity contribution in [1.29, 1.82) is 0 Å². The Morgan fingerprint density at radius 3 is 1.50 bits per heavy atom. The van der Waals surface area contributed by atoms with Crippen molar-refractivity contribution in [2.45, 2.75) is 12.5 Å². The van der Waals surface area contributed by atoms with Crippen molar-refractivity contribution in [1.82, 2.24) is 0 Å². The molecule has 0 aromatic heterocycles. The summed E-state index contributed by atoms with van der Waals surface area (Å²) in [5.41, 5.74) is 1.84. The summed E-state index contributed by atoms with van der Waals surface area (Å²) in [5.74, 6) is 0. The molecule has 0 amide bonds. The molecule has 18 heavy (non-hydrogen) atoms. The normalized spacial score (nSPS) is 13.4. The molecule has 0 atom stereocenters. The molecule has 0 aliphatic rings. The lowest BCUT2D eigenvalue weighted by Crippen LogP contribution is -2.42. The highest BCUT2D eigenvalue weighted by Crippen LogP contribution is 2.16. The van der Waals surface area contributed by atoms with Gasteiger partial charge in [0, 0.05) is 48.7 Å². The van der Waals surface area contributed by atoms with Gasteiger partial charge >= 0.3 is 17.6 Å². The summed E-state index contributed by atoms with van der Waals surface area (Å²) in [6.45, 7) is 0. The van der Waals surface area contributed by atoms with E-state index >= 15 is 0 Å². The van der Waals surface area contributed by atoms with Crippen LogP contribution in [-0.2, 0) is 26.6 Å². The topological polar surface area (TPSA) is 55.4 Å². The molecule has 0 N–H and O–H groups in total. The molecule has 0 rings (SSSR count). The molecule has 0 heterocycles. The first-order valence-corrected chi connectivity index (χ1v) is 9.29. The molecule has 0 aromatic rings. The van der Waals surface area contributed by atoms with Gasteiger partial charge in [0.2, 0.25) is 0 Å². The third-order valence-electron chi connectivity index (χ3n) is 2.73. The lowest BCUT2D eigenvalue weighted by atomic mass is 10.5. The van der Waals surface area contributed by atoms with Gasteiger partial charge in [0.05, 0.1) is 0 Å². The van der Waals surface area contributed by atoms with E-state index in [1.54, 1.807) is 42.7 Å². The summed E-state index contributed by atoms with van der Waals surface area (Å²) in [4.78, 5) is 0. The van der Waals surface area contributed by atoms with E-state index < -0.39 is 17.6 Å². The zero-order valence-corrected chi connectivity index (χ0v) is 14.0. The van der Waals surface area contributed by atoms with Crippen molar-refractivity contribution in [3.63, 3.8) is 0 Å². The van der Waals surface area contributed by atoms with Gasteiger partial charge in [0.15, 0.2) is 0 Å². The predicted octanol–water partition coefficient (Wildman–Crippen LogP) is 1.23. The average Bonchev–Trinajstić information content (AvgIpc) is 2.45. The van der Waals surface area contributed by atoms with Crippen LogP contribution in [0.25, 0.3) is 0 Å². The van der Waals surface area contributed by atoms with Crippen molar-refractivity contribution in [3.8, 4) is 0 Å². The molecule has 0 aliphatic heterocycles. The molecule has 0 saturated heterocycles. The fraction of sp³-hybridized carbons (Fsp3) is 0.800. The predicted molar refractivity (Wildman–Crippen MR) is 72.1 cm³/mol. The summed E-state index contributed by atoms with van der Waals surface area (Å²) < 4.78 is 31.8. The number of allylic oxidation sites excluding steroid dienone is 1. The van der Waals surface area contributed by atoms with Crippen molar-refractivity contribution in [3.05, 3.63) is 11.8 Å². The summed E-state index contributed by atoms with van der Waals surface area (Å²) >= 11 is 0. The molecule has 8 heteroatoms. The van der Waals surface area contributed by atoms with Gasteiger partial charge in [-0.25, -0.2) is 0 Å². The van der Waals surface area contributed by atoms with Crippen LogP contribution in [0.4, 0.5) is 0 Å². The smallest absolute Gasteiger partial charge is 0.377 e. The van der Waals surface area contributed by atoms with Crippen LogP contribution < -0.4 is 0 Å². The fourth-order valence-electron chi connectivity index (χ4n) is 1.50. The Kier molecular flexibility index (Phi) is 8.90. The molecule has 0 bridgehead atoms. The van der Waals surface area contributed by atoms with Gasteiger partial charge in [-0.15, -0.1) is 0 Å². The second-order valence-electron chi connectivity index (χ2n) is 3.45. The van der Waals surface area contributed by atoms with E-state index in [2.05, 4.69) is 0 Å². The van der Waals surface area contributed by atoms with Crippen LogP contribution in [-0.4, -0.2) is 60.3 Å². The first-order chi connectivity index (χ1) is 8.57. The van der Waals surface area contributed by atoms with Crippen LogP contribution in [0.1, 0.15) is 6.42 Å². The Bertz CT molecular complexity index is 224. The monoisotopic (exact) mass is 296 g/mol. The second-order valence-corrected chi connectivity index (χ2v) is 9.31. The highest BCUT2D eigenvalue weighted by atomic mass is 28.4. The van der Waals surface area contributed by atoms with E-state index in [4.69, 9.17) is 26.6 Å². The molecule has 0 aliphatic carbocycles. The molecule has 6 nitrogen and oxygen atoms in total. The molecule has 0 spiro atoms. The quantitative estimate of drug-likeness (QED) is 0.565. The van der Waals surface area contributed by atoms with Gasteiger partial charge in [-0.3, -0.25) is 0 Å². The highest BCUT2D eigenvalue weighted by molar-refractivity contribution is 6.66. The van der Waals surface area contributed by atoms with E-state index in [1.807, 2.05) is 11.8 Å². The van der Waals surface area contributed by atoms with Gasteiger partial charge in [-0.05, 0) is 12.1 Å². The zero-order valence-electron chi connectivity index (χ0n) is 12.0. The Labute approximate surface area is 112 Å². The van der Waals surface area contributed by atoms with Gasteiger partial charge in [0.1, 0.15) is 0 Å². The fourth-order valence-corrected chi connectivity index (χ4v) is 4.49. The summed E-state index contributed by atoms with van der Waals surface area (Å²) in [5, 5.41) is 0. The van der Waals surface area contributed by atoms with Crippen LogP contribution in [0, 0.1) is 0 Å². The lowest BCUT2D eigenvalue weighted by Gasteiger charge is -2.24. The van der Waals surface area contributed by atoms with E-state index in [9.17, 15) is 0 Å². The van der Waals surface area contributed by atoms with Crippen LogP contribution in [0.15, 0.2) is 11.8 Å². The van der Waals surface area contributed by atoms with E-state index in [0.29, 0.717) is 6.04 Å². The summed E-state index contributed by atoms with van der Waals surface area (Å²) in [6, 6.07) is 0.689. The number of hydrogen-bond acceptors (Lipinski definition) is 6. The van der Waals surface area contributed by atoms with Crippen molar-refractivity contribution in [2.75, 3.05) is 42.7 Å². The average molecular weight is 296 g/mol. The van der Waals surface area contributed by atoms with Gasteiger partial charge < -0.3 is 26.6 Å². The van der Waals surface area contributed by atoms with Gasteiger partial charge in [0.25, 0.3) is 0 Å². The van der Waals surface area contributed by atoms with Crippen LogP contribution in [0.3, 0.4) is 0 Å². The Morgan fingerprint density at radius 2 is 1.17 bits per heavy atom. The third kappa shape index (κ3) is 4.90. The minimum atomic E-state index is -2.63. The second kappa shape index (κ2) is 8.94. The Hall–Kier alpha value is -0.0662. The standard InChI is InChI=1S/C10H24O6Si2/c1-11-17(12-2,13-3)9-7-8-10-18(14-4,15-5)16-6/h7,9H,8,10H2,1-6H3/b9-7+. The minimum Gasteiger partial charge on any atom is -0.377 e. The molecule has 0 radical (unpaired) electrons. The molecule has 0 saturated carbocycles. The maximum Gasteiger partial charge on any atom is 0.528 e. The van der Waals surface area contributed by atoms with E-state index in [0.717, 1.165) is 6.42 Å². The van der Waals surface area contributed by atoms with Crippen molar-refractivity contribution < 1.29 is 26.6 Å². The zero-order chi connectivity index (χ0) is 14.1. The maximum absolute atomic E-state index is 5.33. The summed E-state index contributed by atoms with van der Waals surface area (Å²) in [7, 11) is 4.38. The molecular weight excluding hydrogens is 272 g/mol. The number of rotatable bonds is 10. The number of hydrogen-bond donors (Lipinski definition) is 0. The van der Waals surface area contributed by atoms with Crippen LogP contribution in [0.5, 0.6) is 0 Å². The summed E-state index contributed by atoms with van der Waals surface area (Å²) in [6.07, 6.45) is 2.69. The molecule has 0 unspecified atom stereocenters. The Morgan fingerprint density at radius 1 is 0.722 bits per heavy atom. The van der Waals surface area contributed by atoms with Gasteiger partial charge in [-0.2, -0.15) is 0 Å². The largest absolute Gasteiger partial charge is 0.528 e. The third-order valence-corrected chi connectivity index (χ3v) is 7.84.